The molecule has 1 spiro atoms. The zero-order valence-electron chi connectivity index (χ0n) is 16.7. The number of carbonyl (C=O) groups is 2. The van der Waals surface area contributed by atoms with Crippen LogP contribution in [0.25, 0.3) is 0 Å². The van der Waals surface area contributed by atoms with E-state index in [1.54, 1.807) is 22.8 Å². The predicted molar refractivity (Wildman–Crippen MR) is 99.4 cm³/mol. The standard InChI is InChI=1S/C20H28N4O3/c1-19(2,3)11-24-12-20-7-6-14(27-20)15(16(20)18(24)26)17(25)22(4)9-13-8-21-23(5)10-13/h6-8,10,14-16H,9,11-12H2,1-5H3/t14-,15-,16+,20-/m0/s1. The van der Waals surface area contributed by atoms with Crippen LogP contribution in [-0.2, 0) is 27.9 Å². The van der Waals surface area contributed by atoms with Crippen LogP contribution in [0.4, 0.5) is 0 Å². The Labute approximate surface area is 159 Å². The molecule has 3 aliphatic rings. The number of carbonyl (C=O) groups excluding carboxylic acids is 2. The minimum absolute atomic E-state index is 0.00324. The largest absolute Gasteiger partial charge is 0.360 e. The minimum atomic E-state index is -0.636. The molecule has 3 aliphatic heterocycles. The highest BCUT2D eigenvalue weighted by Gasteiger charge is 2.67. The van der Waals surface area contributed by atoms with Gasteiger partial charge in [0.05, 0.1) is 30.7 Å². The van der Waals surface area contributed by atoms with Crippen LogP contribution in [0.3, 0.4) is 0 Å². The van der Waals surface area contributed by atoms with Gasteiger partial charge < -0.3 is 14.5 Å². The van der Waals surface area contributed by atoms with Gasteiger partial charge in [-0.25, -0.2) is 0 Å². The van der Waals surface area contributed by atoms with Crippen LogP contribution in [0.5, 0.6) is 0 Å². The molecule has 0 saturated carbocycles. The molecule has 0 unspecified atom stereocenters. The molecule has 4 heterocycles. The van der Waals surface area contributed by atoms with Crippen molar-refractivity contribution in [2.24, 2.45) is 24.3 Å². The maximum Gasteiger partial charge on any atom is 0.230 e. The third-order valence-corrected chi connectivity index (χ3v) is 5.68. The highest BCUT2D eigenvalue weighted by molar-refractivity contribution is 5.93. The molecule has 2 amide bonds. The Morgan fingerprint density at radius 2 is 2.19 bits per heavy atom. The molecule has 1 aromatic rings. The van der Waals surface area contributed by atoms with Crippen molar-refractivity contribution < 1.29 is 14.3 Å². The van der Waals surface area contributed by atoms with Crippen LogP contribution in [0.2, 0.25) is 0 Å². The topological polar surface area (TPSA) is 67.7 Å². The van der Waals surface area contributed by atoms with Gasteiger partial charge in [0.1, 0.15) is 5.60 Å². The molecular weight excluding hydrogens is 344 g/mol. The number of rotatable bonds is 4. The van der Waals surface area contributed by atoms with Crippen molar-refractivity contribution in [3.63, 3.8) is 0 Å². The van der Waals surface area contributed by atoms with E-state index in [9.17, 15) is 9.59 Å². The van der Waals surface area contributed by atoms with E-state index in [4.69, 9.17) is 4.74 Å². The van der Waals surface area contributed by atoms with E-state index < -0.39 is 17.4 Å². The Morgan fingerprint density at radius 3 is 2.81 bits per heavy atom. The summed E-state index contributed by atoms with van der Waals surface area (Å²) in [5, 5.41) is 4.15. The molecule has 0 aliphatic carbocycles. The molecule has 0 radical (unpaired) electrons. The molecule has 2 bridgehead atoms. The van der Waals surface area contributed by atoms with Crippen molar-refractivity contribution >= 4 is 11.8 Å². The van der Waals surface area contributed by atoms with Gasteiger partial charge in [-0.15, -0.1) is 0 Å². The summed E-state index contributed by atoms with van der Waals surface area (Å²) in [5.41, 5.74) is 0.334. The average molecular weight is 372 g/mol. The molecule has 2 saturated heterocycles. The Hall–Kier alpha value is -2.15. The van der Waals surface area contributed by atoms with Crippen molar-refractivity contribution in [2.75, 3.05) is 20.1 Å². The number of likely N-dealkylation sites (tertiary alicyclic amines) is 1. The lowest BCUT2D eigenvalue weighted by molar-refractivity contribution is -0.143. The van der Waals surface area contributed by atoms with Crippen molar-refractivity contribution in [3.05, 3.63) is 30.1 Å². The van der Waals surface area contributed by atoms with E-state index in [0.29, 0.717) is 19.6 Å². The number of aromatic nitrogens is 2. The summed E-state index contributed by atoms with van der Waals surface area (Å²) in [6.45, 7) is 8.02. The molecule has 146 valence electrons. The molecule has 0 aromatic carbocycles. The predicted octanol–water partition coefficient (Wildman–Crippen LogP) is 1.21. The lowest BCUT2D eigenvalue weighted by Crippen LogP contribution is -2.44. The number of hydrogen-bond acceptors (Lipinski definition) is 4. The fraction of sp³-hybridized carbons (Fsp3) is 0.650. The van der Waals surface area contributed by atoms with E-state index >= 15 is 0 Å². The van der Waals surface area contributed by atoms with Crippen LogP contribution >= 0.6 is 0 Å². The second-order valence-electron chi connectivity index (χ2n) is 9.37. The third-order valence-electron chi connectivity index (χ3n) is 5.68. The summed E-state index contributed by atoms with van der Waals surface area (Å²) in [4.78, 5) is 30.0. The average Bonchev–Trinajstić information content (AvgIpc) is 3.28. The molecule has 7 nitrogen and oxygen atoms in total. The molecular formula is C20H28N4O3. The molecule has 2 fully saturated rings. The number of fused-ring (bicyclic) bond motifs is 1. The highest BCUT2D eigenvalue weighted by Crippen LogP contribution is 2.52. The van der Waals surface area contributed by atoms with Crippen LogP contribution in [0, 0.1) is 17.3 Å². The Bertz CT molecular complexity index is 808. The number of aryl methyl sites for hydroxylation is 1. The van der Waals surface area contributed by atoms with Gasteiger partial charge in [-0.2, -0.15) is 5.10 Å². The zero-order valence-corrected chi connectivity index (χ0v) is 16.7. The first-order valence-corrected chi connectivity index (χ1v) is 9.48. The normalized spacial score (nSPS) is 31.7. The van der Waals surface area contributed by atoms with Gasteiger partial charge in [-0.1, -0.05) is 32.9 Å². The molecule has 7 heteroatoms. The Balaban J connectivity index is 1.54. The van der Waals surface area contributed by atoms with Gasteiger partial charge in [0, 0.05) is 38.9 Å². The summed E-state index contributed by atoms with van der Waals surface area (Å²) in [7, 11) is 3.63. The molecule has 4 rings (SSSR count). The monoisotopic (exact) mass is 372 g/mol. The first-order valence-electron chi connectivity index (χ1n) is 9.48. The van der Waals surface area contributed by atoms with Crippen LogP contribution < -0.4 is 0 Å². The maximum absolute atomic E-state index is 13.2. The smallest absolute Gasteiger partial charge is 0.230 e. The highest BCUT2D eigenvalue weighted by atomic mass is 16.5. The number of ether oxygens (including phenoxy) is 1. The summed E-state index contributed by atoms with van der Waals surface area (Å²) in [5.74, 6) is -0.858. The zero-order chi connectivity index (χ0) is 19.6. The van der Waals surface area contributed by atoms with Gasteiger partial charge in [-0.3, -0.25) is 14.3 Å². The van der Waals surface area contributed by atoms with Crippen molar-refractivity contribution in [1.29, 1.82) is 0 Å². The van der Waals surface area contributed by atoms with E-state index in [2.05, 4.69) is 25.9 Å². The second kappa shape index (κ2) is 5.92. The lowest BCUT2D eigenvalue weighted by Gasteiger charge is -2.29. The van der Waals surface area contributed by atoms with E-state index in [0.717, 1.165) is 5.56 Å². The fourth-order valence-electron chi connectivity index (χ4n) is 4.73. The lowest BCUT2D eigenvalue weighted by atomic mass is 9.76. The summed E-state index contributed by atoms with van der Waals surface area (Å²) < 4.78 is 7.92. The number of nitrogens with zero attached hydrogens (tertiary/aromatic N) is 4. The quantitative estimate of drug-likeness (QED) is 0.745. The van der Waals surface area contributed by atoms with Gasteiger partial charge in [0.25, 0.3) is 0 Å². The Morgan fingerprint density at radius 1 is 1.44 bits per heavy atom. The number of amides is 2. The second-order valence-corrected chi connectivity index (χ2v) is 9.37. The van der Waals surface area contributed by atoms with Gasteiger partial charge >= 0.3 is 0 Å². The van der Waals surface area contributed by atoms with Crippen molar-refractivity contribution in [2.45, 2.75) is 39.0 Å². The van der Waals surface area contributed by atoms with Crippen molar-refractivity contribution in [1.82, 2.24) is 19.6 Å². The summed E-state index contributed by atoms with van der Waals surface area (Å²) >= 11 is 0. The van der Waals surface area contributed by atoms with Gasteiger partial charge in [0.15, 0.2) is 0 Å². The van der Waals surface area contributed by atoms with Crippen LogP contribution in [0.1, 0.15) is 26.3 Å². The minimum Gasteiger partial charge on any atom is -0.360 e. The first-order chi connectivity index (χ1) is 12.6. The van der Waals surface area contributed by atoms with Crippen LogP contribution in [0.15, 0.2) is 24.5 Å². The first kappa shape index (κ1) is 18.2. The van der Waals surface area contributed by atoms with Crippen LogP contribution in [-0.4, -0.2) is 63.2 Å². The summed E-state index contributed by atoms with van der Waals surface area (Å²) in [6.07, 6.45) is 7.32. The van der Waals surface area contributed by atoms with Crippen molar-refractivity contribution in [3.8, 4) is 0 Å². The molecule has 1 aromatic heterocycles. The number of hydrogen-bond donors (Lipinski definition) is 0. The molecule has 4 atom stereocenters. The maximum atomic E-state index is 13.2. The SMILES string of the molecule is CN(Cc1cnn(C)c1)C(=O)[C@H]1[C@@H]2C=C[C@@]3(CN(CC(C)(C)C)C(=O)[C@@H]13)O2. The fourth-order valence-corrected chi connectivity index (χ4v) is 4.73. The summed E-state index contributed by atoms with van der Waals surface area (Å²) in [6, 6.07) is 0. The van der Waals surface area contributed by atoms with E-state index in [1.807, 2.05) is 30.3 Å². The Kier molecular flexibility index (Phi) is 4.00. The van der Waals surface area contributed by atoms with Gasteiger partial charge in [0.2, 0.25) is 11.8 Å². The third kappa shape index (κ3) is 2.98. The molecule has 27 heavy (non-hydrogen) atoms. The van der Waals surface area contributed by atoms with E-state index in [-0.39, 0.29) is 23.3 Å². The van der Waals surface area contributed by atoms with Gasteiger partial charge in [-0.05, 0) is 5.41 Å². The molecule has 0 N–H and O–H groups in total. The van der Waals surface area contributed by atoms with E-state index in [1.165, 1.54) is 0 Å².